The van der Waals surface area contributed by atoms with Crippen LogP contribution in [0.1, 0.15) is 32.1 Å². The van der Waals surface area contributed by atoms with E-state index in [4.69, 9.17) is 0 Å². The molecule has 3 rings (SSSR count). The molecule has 1 spiro atoms. The van der Waals surface area contributed by atoms with Crippen LogP contribution < -0.4 is 5.32 Å². The third-order valence-electron chi connectivity index (χ3n) is 4.24. The lowest BCUT2D eigenvalue weighted by Crippen LogP contribution is -2.49. The van der Waals surface area contributed by atoms with Gasteiger partial charge in [-0.15, -0.1) is 0 Å². The number of hydrogen-bond acceptors (Lipinski definition) is 2. The van der Waals surface area contributed by atoms with E-state index in [9.17, 15) is 0 Å². The summed E-state index contributed by atoms with van der Waals surface area (Å²) in [4.78, 5) is 2.69. The first-order chi connectivity index (χ1) is 5.79. The smallest absolute Gasteiger partial charge is 0.0716 e. The van der Waals surface area contributed by atoms with Gasteiger partial charge in [0, 0.05) is 13.1 Å². The zero-order valence-electron chi connectivity index (χ0n) is 7.90. The van der Waals surface area contributed by atoms with Crippen LogP contribution >= 0.6 is 0 Å². The fourth-order valence-corrected chi connectivity index (χ4v) is 3.33. The molecule has 1 atom stereocenters. The summed E-state index contributed by atoms with van der Waals surface area (Å²) >= 11 is 0. The van der Waals surface area contributed by atoms with Gasteiger partial charge in [0.2, 0.25) is 0 Å². The molecule has 2 aliphatic heterocycles. The molecule has 2 heterocycles. The van der Waals surface area contributed by atoms with Crippen LogP contribution in [-0.4, -0.2) is 30.7 Å². The van der Waals surface area contributed by atoms with E-state index in [1.54, 1.807) is 0 Å². The Morgan fingerprint density at radius 2 is 2.08 bits per heavy atom. The van der Waals surface area contributed by atoms with Crippen molar-refractivity contribution in [1.82, 2.24) is 10.2 Å². The van der Waals surface area contributed by atoms with Crippen LogP contribution in [0.5, 0.6) is 0 Å². The molecule has 1 N–H and O–H groups in total. The van der Waals surface area contributed by atoms with Crippen molar-refractivity contribution in [3.05, 3.63) is 0 Å². The average Bonchev–Trinajstić information content (AvgIpc) is 2.53. The number of rotatable bonds is 1. The molecule has 0 amide bonds. The standard InChI is InChI=1S/C10H18N2/c1-11-10-3-2-6-12(10)8-9(7-10)4-5-9/h11H,2-8H2,1H3. The van der Waals surface area contributed by atoms with Gasteiger partial charge in [0.15, 0.2) is 0 Å². The van der Waals surface area contributed by atoms with Crippen LogP contribution in [0, 0.1) is 5.41 Å². The van der Waals surface area contributed by atoms with Gasteiger partial charge >= 0.3 is 0 Å². The number of fused-ring (bicyclic) bond motifs is 1. The molecule has 68 valence electrons. The van der Waals surface area contributed by atoms with Crippen molar-refractivity contribution in [2.24, 2.45) is 5.41 Å². The van der Waals surface area contributed by atoms with E-state index >= 15 is 0 Å². The Bertz CT molecular complexity index is 210. The summed E-state index contributed by atoms with van der Waals surface area (Å²) in [5, 5.41) is 3.56. The van der Waals surface area contributed by atoms with E-state index < -0.39 is 0 Å². The summed E-state index contributed by atoms with van der Waals surface area (Å²) in [5.41, 5.74) is 1.19. The molecular formula is C10H18N2. The van der Waals surface area contributed by atoms with E-state index in [0.717, 1.165) is 5.41 Å². The predicted molar refractivity (Wildman–Crippen MR) is 48.9 cm³/mol. The van der Waals surface area contributed by atoms with Crippen LogP contribution in [0.3, 0.4) is 0 Å². The van der Waals surface area contributed by atoms with Crippen LogP contribution in [0.4, 0.5) is 0 Å². The summed E-state index contributed by atoms with van der Waals surface area (Å²) in [6.45, 7) is 2.72. The minimum Gasteiger partial charge on any atom is -0.302 e. The molecule has 2 nitrogen and oxygen atoms in total. The number of nitrogens with one attached hydrogen (secondary N) is 1. The van der Waals surface area contributed by atoms with E-state index in [1.807, 2.05) is 0 Å². The van der Waals surface area contributed by atoms with Crippen molar-refractivity contribution in [2.45, 2.75) is 37.8 Å². The van der Waals surface area contributed by atoms with Gasteiger partial charge in [0.05, 0.1) is 5.66 Å². The summed E-state index contributed by atoms with van der Waals surface area (Å²) < 4.78 is 0. The first kappa shape index (κ1) is 7.34. The van der Waals surface area contributed by atoms with E-state index in [-0.39, 0.29) is 0 Å². The molecule has 1 saturated carbocycles. The first-order valence-electron chi connectivity index (χ1n) is 5.23. The molecule has 2 saturated heterocycles. The highest BCUT2D eigenvalue weighted by molar-refractivity contribution is 5.12. The number of hydrogen-bond donors (Lipinski definition) is 1. The molecule has 1 unspecified atom stereocenters. The summed E-state index contributed by atoms with van der Waals surface area (Å²) in [5.74, 6) is 0. The van der Waals surface area contributed by atoms with E-state index in [0.29, 0.717) is 5.66 Å². The lowest BCUT2D eigenvalue weighted by molar-refractivity contribution is 0.162. The Morgan fingerprint density at radius 3 is 2.67 bits per heavy atom. The largest absolute Gasteiger partial charge is 0.302 e. The molecule has 3 aliphatic rings. The number of nitrogens with zero attached hydrogens (tertiary/aromatic N) is 1. The van der Waals surface area contributed by atoms with Crippen LogP contribution in [0.15, 0.2) is 0 Å². The van der Waals surface area contributed by atoms with Gasteiger partial charge in [-0.05, 0) is 44.6 Å². The third kappa shape index (κ3) is 0.775. The van der Waals surface area contributed by atoms with Gasteiger partial charge in [0.1, 0.15) is 0 Å². The van der Waals surface area contributed by atoms with Gasteiger partial charge in [-0.2, -0.15) is 0 Å². The Labute approximate surface area is 74.3 Å². The summed E-state index contributed by atoms with van der Waals surface area (Å²) in [6, 6.07) is 0. The van der Waals surface area contributed by atoms with E-state index in [1.165, 1.54) is 45.2 Å². The molecule has 12 heavy (non-hydrogen) atoms. The second-order valence-corrected chi connectivity index (χ2v) is 4.98. The Hall–Kier alpha value is -0.0800. The Kier molecular flexibility index (Phi) is 1.25. The highest BCUT2D eigenvalue weighted by Gasteiger charge is 2.59. The van der Waals surface area contributed by atoms with Crippen molar-refractivity contribution >= 4 is 0 Å². The zero-order valence-corrected chi connectivity index (χ0v) is 7.90. The molecule has 0 aromatic carbocycles. The topological polar surface area (TPSA) is 15.3 Å². The third-order valence-corrected chi connectivity index (χ3v) is 4.24. The van der Waals surface area contributed by atoms with Gasteiger partial charge in [-0.3, -0.25) is 4.90 Å². The molecular weight excluding hydrogens is 148 g/mol. The van der Waals surface area contributed by atoms with E-state index in [2.05, 4.69) is 17.3 Å². The average molecular weight is 166 g/mol. The summed E-state index contributed by atoms with van der Waals surface area (Å²) in [7, 11) is 2.14. The van der Waals surface area contributed by atoms with Crippen molar-refractivity contribution in [3.8, 4) is 0 Å². The normalized spacial score (nSPS) is 43.8. The lowest BCUT2D eigenvalue weighted by atomic mass is 9.96. The van der Waals surface area contributed by atoms with Crippen molar-refractivity contribution in [3.63, 3.8) is 0 Å². The molecule has 0 aromatic rings. The summed E-state index contributed by atoms with van der Waals surface area (Å²) in [6.07, 6.45) is 7.19. The molecule has 0 aromatic heterocycles. The van der Waals surface area contributed by atoms with Crippen LogP contribution in [-0.2, 0) is 0 Å². The molecule has 0 radical (unpaired) electrons. The zero-order chi connectivity index (χ0) is 8.23. The minimum atomic E-state index is 0.427. The predicted octanol–water partition coefficient (Wildman–Crippen LogP) is 1.18. The van der Waals surface area contributed by atoms with Gasteiger partial charge < -0.3 is 5.32 Å². The molecule has 3 fully saturated rings. The van der Waals surface area contributed by atoms with Crippen LogP contribution in [0.25, 0.3) is 0 Å². The maximum atomic E-state index is 3.56. The van der Waals surface area contributed by atoms with Crippen molar-refractivity contribution in [2.75, 3.05) is 20.1 Å². The second-order valence-electron chi connectivity index (χ2n) is 4.98. The highest BCUT2D eigenvalue weighted by atomic mass is 15.4. The van der Waals surface area contributed by atoms with Gasteiger partial charge in [-0.1, -0.05) is 0 Å². The van der Waals surface area contributed by atoms with Crippen LogP contribution in [0.2, 0.25) is 0 Å². The molecule has 0 bridgehead atoms. The Morgan fingerprint density at radius 1 is 1.25 bits per heavy atom. The Balaban J connectivity index is 1.88. The minimum absolute atomic E-state index is 0.427. The first-order valence-corrected chi connectivity index (χ1v) is 5.23. The van der Waals surface area contributed by atoms with Gasteiger partial charge in [0.25, 0.3) is 0 Å². The van der Waals surface area contributed by atoms with Gasteiger partial charge in [-0.25, -0.2) is 0 Å². The highest BCUT2D eigenvalue weighted by Crippen LogP contribution is 2.59. The maximum Gasteiger partial charge on any atom is 0.0716 e. The monoisotopic (exact) mass is 166 g/mol. The SMILES string of the molecule is CNC12CCCN1CC1(CC1)C2. The maximum absolute atomic E-state index is 3.56. The van der Waals surface area contributed by atoms with Crippen molar-refractivity contribution < 1.29 is 0 Å². The lowest BCUT2D eigenvalue weighted by Gasteiger charge is -2.31. The molecule has 1 aliphatic carbocycles. The fraction of sp³-hybridized carbons (Fsp3) is 1.00. The quantitative estimate of drug-likeness (QED) is 0.629. The fourth-order valence-electron chi connectivity index (χ4n) is 3.33. The van der Waals surface area contributed by atoms with Crippen molar-refractivity contribution in [1.29, 1.82) is 0 Å². The molecule has 2 heteroatoms. The second kappa shape index (κ2) is 2.05.